The normalized spacial score (nSPS) is 10.4. The van der Waals surface area contributed by atoms with Gasteiger partial charge in [0.1, 0.15) is 5.82 Å². The minimum absolute atomic E-state index is 0.0956. The summed E-state index contributed by atoms with van der Waals surface area (Å²) in [5, 5.41) is 9.15. The average Bonchev–Trinajstić information content (AvgIpc) is 2.40. The molecule has 0 spiro atoms. The summed E-state index contributed by atoms with van der Waals surface area (Å²) < 4.78 is 14.7. The molecule has 0 aromatic heterocycles. The van der Waals surface area contributed by atoms with Crippen LogP contribution in [-0.2, 0) is 0 Å². The maximum atomic E-state index is 14.0. The molecule has 2 aromatic carbocycles. The van der Waals surface area contributed by atoms with Gasteiger partial charge in [0, 0.05) is 19.8 Å². The van der Waals surface area contributed by atoms with Gasteiger partial charge in [-0.05, 0) is 37.3 Å². The van der Waals surface area contributed by atoms with Crippen molar-refractivity contribution >= 4 is 39.4 Å². The molecule has 108 valence electrons. The SMILES string of the molecule is CC(=O)c1ccc(Sc2cc(Br)ccc2C(=O)O)c(F)c1. The maximum absolute atomic E-state index is 14.0. The average molecular weight is 369 g/mol. The van der Waals surface area contributed by atoms with Crippen LogP contribution in [-0.4, -0.2) is 16.9 Å². The quantitative estimate of drug-likeness (QED) is 0.798. The van der Waals surface area contributed by atoms with Gasteiger partial charge < -0.3 is 5.11 Å². The summed E-state index contributed by atoms with van der Waals surface area (Å²) in [5.74, 6) is -1.85. The van der Waals surface area contributed by atoms with Crippen molar-refractivity contribution < 1.29 is 19.1 Å². The summed E-state index contributed by atoms with van der Waals surface area (Å²) >= 11 is 4.27. The molecule has 0 aliphatic rings. The number of Topliss-reactive ketones (excluding diaryl/α,β-unsaturated/α-hetero) is 1. The predicted molar refractivity (Wildman–Crippen MR) is 81.6 cm³/mol. The monoisotopic (exact) mass is 368 g/mol. The Labute approximate surface area is 133 Å². The Hall–Kier alpha value is -1.66. The van der Waals surface area contributed by atoms with Gasteiger partial charge in [0.05, 0.1) is 5.56 Å². The molecule has 2 aromatic rings. The predicted octanol–water partition coefficient (Wildman–Crippen LogP) is 4.64. The molecular weight excluding hydrogens is 359 g/mol. The Morgan fingerprint density at radius 1 is 1.14 bits per heavy atom. The second kappa shape index (κ2) is 6.41. The molecule has 0 atom stereocenters. The van der Waals surface area contributed by atoms with E-state index >= 15 is 0 Å². The fraction of sp³-hybridized carbons (Fsp3) is 0.0667. The Kier molecular flexibility index (Phi) is 4.80. The summed E-state index contributed by atoms with van der Waals surface area (Å²) in [7, 11) is 0. The van der Waals surface area contributed by atoms with Crippen LogP contribution < -0.4 is 0 Å². The van der Waals surface area contributed by atoms with Gasteiger partial charge in [-0.25, -0.2) is 9.18 Å². The number of aromatic carboxylic acids is 1. The standard InChI is InChI=1S/C15H10BrFO3S/c1-8(18)9-2-5-13(12(17)6-9)21-14-7-10(16)3-4-11(14)15(19)20/h2-7H,1H3,(H,19,20). The Morgan fingerprint density at radius 2 is 1.86 bits per heavy atom. The van der Waals surface area contributed by atoms with Crippen molar-refractivity contribution in [2.75, 3.05) is 0 Å². The van der Waals surface area contributed by atoms with Crippen molar-refractivity contribution in [3.8, 4) is 0 Å². The van der Waals surface area contributed by atoms with Crippen molar-refractivity contribution in [1.82, 2.24) is 0 Å². The van der Waals surface area contributed by atoms with Crippen LogP contribution in [0, 0.1) is 5.82 Å². The van der Waals surface area contributed by atoms with E-state index in [9.17, 15) is 14.0 Å². The van der Waals surface area contributed by atoms with Gasteiger partial charge in [0.25, 0.3) is 0 Å². The lowest BCUT2D eigenvalue weighted by atomic mass is 10.1. The molecule has 0 saturated heterocycles. The second-order valence-electron chi connectivity index (χ2n) is 4.25. The molecule has 0 saturated carbocycles. The van der Waals surface area contributed by atoms with E-state index in [4.69, 9.17) is 5.11 Å². The summed E-state index contributed by atoms with van der Waals surface area (Å²) in [6.07, 6.45) is 0. The van der Waals surface area contributed by atoms with Crippen molar-refractivity contribution in [2.45, 2.75) is 16.7 Å². The highest BCUT2D eigenvalue weighted by molar-refractivity contribution is 9.10. The van der Waals surface area contributed by atoms with E-state index in [-0.39, 0.29) is 21.8 Å². The molecule has 3 nitrogen and oxygen atoms in total. The summed E-state index contributed by atoms with van der Waals surface area (Å²) in [6.45, 7) is 1.36. The fourth-order valence-corrected chi connectivity index (χ4v) is 3.17. The number of rotatable bonds is 4. The zero-order valence-corrected chi connectivity index (χ0v) is 13.3. The number of hydrogen-bond donors (Lipinski definition) is 1. The minimum atomic E-state index is -1.08. The molecule has 0 aliphatic carbocycles. The van der Waals surface area contributed by atoms with Gasteiger partial charge >= 0.3 is 5.97 Å². The molecule has 2 rings (SSSR count). The third-order valence-electron chi connectivity index (χ3n) is 2.73. The molecule has 0 fully saturated rings. The van der Waals surface area contributed by atoms with Gasteiger partial charge in [-0.1, -0.05) is 33.8 Å². The zero-order valence-electron chi connectivity index (χ0n) is 10.9. The van der Waals surface area contributed by atoms with Crippen molar-refractivity contribution in [1.29, 1.82) is 0 Å². The molecule has 0 aliphatic heterocycles. The van der Waals surface area contributed by atoms with Crippen LogP contribution in [0.5, 0.6) is 0 Å². The molecule has 6 heteroatoms. The van der Waals surface area contributed by atoms with Gasteiger partial charge in [-0.15, -0.1) is 0 Å². The molecule has 1 N–H and O–H groups in total. The number of carbonyl (C=O) groups excluding carboxylic acids is 1. The number of benzene rings is 2. The first kappa shape index (κ1) is 15.7. The van der Waals surface area contributed by atoms with Gasteiger partial charge in [-0.2, -0.15) is 0 Å². The number of carbonyl (C=O) groups is 2. The fourth-order valence-electron chi connectivity index (χ4n) is 1.68. The smallest absolute Gasteiger partial charge is 0.336 e. The number of ketones is 1. The highest BCUT2D eigenvalue weighted by Crippen LogP contribution is 2.34. The Bertz CT molecular complexity index is 731. The van der Waals surface area contributed by atoms with E-state index in [2.05, 4.69) is 15.9 Å². The lowest BCUT2D eigenvalue weighted by Crippen LogP contribution is -1.99. The largest absolute Gasteiger partial charge is 0.478 e. The highest BCUT2D eigenvalue weighted by Gasteiger charge is 2.14. The summed E-state index contributed by atoms with van der Waals surface area (Å²) in [4.78, 5) is 23.1. The third kappa shape index (κ3) is 3.71. The van der Waals surface area contributed by atoms with E-state index < -0.39 is 11.8 Å². The van der Waals surface area contributed by atoms with Crippen molar-refractivity contribution in [3.63, 3.8) is 0 Å². The number of carboxylic acids is 1. The molecule has 0 unspecified atom stereocenters. The summed E-state index contributed by atoms with van der Waals surface area (Å²) in [6, 6.07) is 8.84. The minimum Gasteiger partial charge on any atom is -0.478 e. The summed E-state index contributed by atoms with van der Waals surface area (Å²) in [5.41, 5.74) is 0.378. The van der Waals surface area contributed by atoms with Crippen LogP contribution in [0.3, 0.4) is 0 Å². The zero-order chi connectivity index (χ0) is 15.6. The molecular formula is C15H10BrFO3S. The van der Waals surface area contributed by atoms with Crippen LogP contribution in [0.4, 0.5) is 4.39 Å². The maximum Gasteiger partial charge on any atom is 0.336 e. The third-order valence-corrected chi connectivity index (χ3v) is 4.33. The van der Waals surface area contributed by atoms with Gasteiger partial charge in [0.15, 0.2) is 5.78 Å². The number of halogens is 2. The Morgan fingerprint density at radius 3 is 2.43 bits per heavy atom. The van der Waals surface area contributed by atoms with Gasteiger partial charge in [0.2, 0.25) is 0 Å². The lowest BCUT2D eigenvalue weighted by molar-refractivity contribution is 0.0693. The van der Waals surface area contributed by atoms with E-state index in [1.165, 1.54) is 25.1 Å². The molecule has 0 heterocycles. The van der Waals surface area contributed by atoms with Crippen LogP contribution >= 0.6 is 27.7 Å². The first-order valence-corrected chi connectivity index (χ1v) is 7.50. The van der Waals surface area contributed by atoms with E-state index in [1.807, 2.05) is 0 Å². The van der Waals surface area contributed by atoms with Crippen LogP contribution in [0.1, 0.15) is 27.6 Å². The van der Waals surface area contributed by atoms with E-state index in [0.717, 1.165) is 17.8 Å². The van der Waals surface area contributed by atoms with Crippen LogP contribution in [0.25, 0.3) is 0 Å². The highest BCUT2D eigenvalue weighted by atomic mass is 79.9. The molecule has 0 amide bonds. The second-order valence-corrected chi connectivity index (χ2v) is 6.25. The first-order valence-electron chi connectivity index (χ1n) is 5.89. The van der Waals surface area contributed by atoms with E-state index in [0.29, 0.717) is 9.37 Å². The first-order chi connectivity index (χ1) is 9.88. The van der Waals surface area contributed by atoms with Crippen LogP contribution in [0.2, 0.25) is 0 Å². The van der Waals surface area contributed by atoms with E-state index in [1.54, 1.807) is 12.1 Å². The number of carboxylic acid groups (broad SMARTS) is 1. The van der Waals surface area contributed by atoms with Crippen molar-refractivity contribution in [2.24, 2.45) is 0 Å². The topological polar surface area (TPSA) is 54.4 Å². The number of hydrogen-bond acceptors (Lipinski definition) is 3. The molecule has 0 radical (unpaired) electrons. The molecule has 21 heavy (non-hydrogen) atoms. The van der Waals surface area contributed by atoms with Gasteiger partial charge in [-0.3, -0.25) is 4.79 Å². The Balaban J connectivity index is 2.40. The van der Waals surface area contributed by atoms with Crippen molar-refractivity contribution in [3.05, 3.63) is 57.8 Å². The van der Waals surface area contributed by atoms with Crippen LogP contribution in [0.15, 0.2) is 50.7 Å². The molecule has 0 bridgehead atoms. The lowest BCUT2D eigenvalue weighted by Gasteiger charge is -2.08.